The number of aromatic nitrogens is 2. The first-order valence-electron chi connectivity index (χ1n) is 7.70. The molecule has 3 aromatic rings. The van der Waals surface area contributed by atoms with E-state index in [9.17, 15) is 9.59 Å². The van der Waals surface area contributed by atoms with Gasteiger partial charge in [-0.2, -0.15) is 4.98 Å². The molecule has 3 rings (SSSR count). The SMILES string of the molecule is CC(=O)Oc1ccccc1C(=O)OCc1ccc2nc(N)nc(N)c2c1. The molecule has 0 unspecified atom stereocenters. The Kier molecular flexibility index (Phi) is 4.66. The number of benzene rings is 2. The number of hydrogen-bond donors (Lipinski definition) is 2. The molecule has 132 valence electrons. The fraction of sp³-hybridized carbons (Fsp3) is 0.111. The third-order valence-electron chi connectivity index (χ3n) is 3.54. The zero-order valence-corrected chi connectivity index (χ0v) is 13.9. The van der Waals surface area contributed by atoms with Crippen LogP contribution >= 0.6 is 0 Å². The van der Waals surface area contributed by atoms with E-state index in [1.165, 1.54) is 19.1 Å². The van der Waals surface area contributed by atoms with Crippen LogP contribution < -0.4 is 16.2 Å². The van der Waals surface area contributed by atoms with Crippen LogP contribution in [0.15, 0.2) is 42.5 Å². The van der Waals surface area contributed by atoms with Gasteiger partial charge in [-0.3, -0.25) is 4.79 Å². The van der Waals surface area contributed by atoms with E-state index in [0.29, 0.717) is 16.5 Å². The number of nitrogens with two attached hydrogens (primary N) is 2. The Labute approximate surface area is 148 Å². The monoisotopic (exact) mass is 352 g/mol. The summed E-state index contributed by atoms with van der Waals surface area (Å²) < 4.78 is 10.3. The molecule has 0 aliphatic rings. The van der Waals surface area contributed by atoms with Gasteiger partial charge in [-0.1, -0.05) is 18.2 Å². The quantitative estimate of drug-likeness (QED) is 0.539. The highest BCUT2D eigenvalue weighted by Crippen LogP contribution is 2.22. The number of carbonyl (C=O) groups excluding carboxylic acids is 2. The van der Waals surface area contributed by atoms with Crippen molar-refractivity contribution in [1.29, 1.82) is 0 Å². The molecule has 0 aliphatic carbocycles. The van der Waals surface area contributed by atoms with Crippen LogP contribution in [0.4, 0.5) is 11.8 Å². The summed E-state index contributed by atoms with van der Waals surface area (Å²) in [5, 5.41) is 0.619. The van der Waals surface area contributed by atoms with E-state index < -0.39 is 11.9 Å². The predicted molar refractivity (Wildman–Crippen MR) is 95.2 cm³/mol. The predicted octanol–water partition coefficient (Wildman–Crippen LogP) is 2.08. The Balaban J connectivity index is 1.78. The minimum absolute atomic E-state index is 0.00694. The Morgan fingerprint density at radius 3 is 2.62 bits per heavy atom. The first-order chi connectivity index (χ1) is 12.4. The summed E-state index contributed by atoms with van der Waals surface area (Å²) in [6.07, 6.45) is 0. The number of nitrogen functional groups attached to an aromatic ring is 2. The fourth-order valence-corrected chi connectivity index (χ4v) is 2.41. The smallest absolute Gasteiger partial charge is 0.342 e. The summed E-state index contributed by atoms with van der Waals surface area (Å²) in [5.74, 6) is -0.633. The molecular formula is C18H16N4O4. The Morgan fingerprint density at radius 2 is 1.85 bits per heavy atom. The van der Waals surface area contributed by atoms with Crippen molar-refractivity contribution in [3.63, 3.8) is 0 Å². The van der Waals surface area contributed by atoms with Crippen molar-refractivity contribution in [1.82, 2.24) is 9.97 Å². The molecule has 8 heteroatoms. The number of nitrogens with zero attached hydrogens (tertiary/aromatic N) is 2. The van der Waals surface area contributed by atoms with Crippen LogP contribution in [0.1, 0.15) is 22.8 Å². The van der Waals surface area contributed by atoms with Crippen LogP contribution in [0.25, 0.3) is 10.9 Å². The normalized spacial score (nSPS) is 10.5. The van der Waals surface area contributed by atoms with Crippen molar-refractivity contribution in [3.8, 4) is 5.75 Å². The first kappa shape index (κ1) is 17.2. The van der Waals surface area contributed by atoms with Gasteiger partial charge in [-0.15, -0.1) is 0 Å². The summed E-state index contributed by atoms with van der Waals surface area (Å²) in [6.45, 7) is 1.27. The Hall–Kier alpha value is -3.68. The van der Waals surface area contributed by atoms with Crippen LogP contribution in [0, 0.1) is 0 Å². The van der Waals surface area contributed by atoms with E-state index in [1.807, 2.05) is 0 Å². The molecule has 0 radical (unpaired) electrons. The van der Waals surface area contributed by atoms with Crippen molar-refractivity contribution in [2.24, 2.45) is 0 Å². The summed E-state index contributed by atoms with van der Waals surface area (Å²) >= 11 is 0. The van der Waals surface area contributed by atoms with E-state index in [4.69, 9.17) is 20.9 Å². The standard InChI is InChI=1S/C18H16N4O4/c1-10(23)26-15-5-3-2-4-12(15)17(24)25-9-11-6-7-14-13(8-11)16(19)22-18(20)21-14/h2-8H,9H2,1H3,(H4,19,20,21,22). The maximum atomic E-state index is 12.3. The van der Waals surface area contributed by atoms with Crippen molar-refractivity contribution in [3.05, 3.63) is 53.6 Å². The summed E-state index contributed by atoms with van der Waals surface area (Å²) in [6, 6.07) is 11.6. The average Bonchev–Trinajstić information content (AvgIpc) is 2.59. The number of hydrogen-bond acceptors (Lipinski definition) is 8. The molecule has 0 spiro atoms. The number of para-hydroxylation sites is 1. The maximum absolute atomic E-state index is 12.3. The molecule has 1 heterocycles. The van der Waals surface area contributed by atoms with Crippen molar-refractivity contribution >= 4 is 34.6 Å². The second-order valence-electron chi connectivity index (χ2n) is 5.48. The largest absolute Gasteiger partial charge is 0.457 e. The molecule has 8 nitrogen and oxygen atoms in total. The lowest BCUT2D eigenvalue weighted by Gasteiger charge is -2.10. The molecule has 4 N–H and O–H groups in total. The number of rotatable bonds is 4. The molecule has 0 amide bonds. The lowest BCUT2D eigenvalue weighted by Crippen LogP contribution is -2.10. The zero-order valence-electron chi connectivity index (χ0n) is 13.9. The Morgan fingerprint density at radius 1 is 1.08 bits per heavy atom. The molecule has 1 aromatic heterocycles. The van der Waals surface area contributed by atoms with Crippen LogP contribution in [0.2, 0.25) is 0 Å². The number of carbonyl (C=O) groups is 2. The van der Waals surface area contributed by atoms with Gasteiger partial charge in [0.05, 0.1) is 5.52 Å². The van der Waals surface area contributed by atoms with E-state index in [0.717, 1.165) is 0 Å². The third-order valence-corrected chi connectivity index (χ3v) is 3.54. The van der Waals surface area contributed by atoms with Crippen molar-refractivity contribution in [2.75, 3.05) is 11.5 Å². The number of anilines is 2. The molecule has 0 bridgehead atoms. The molecule has 0 aliphatic heterocycles. The van der Waals surface area contributed by atoms with Crippen LogP contribution in [-0.2, 0) is 16.1 Å². The van der Waals surface area contributed by atoms with E-state index in [2.05, 4.69) is 9.97 Å². The molecule has 0 atom stereocenters. The van der Waals surface area contributed by atoms with Gasteiger partial charge in [-0.05, 0) is 29.8 Å². The molecular weight excluding hydrogens is 336 g/mol. The summed E-state index contributed by atoms with van der Waals surface area (Å²) in [4.78, 5) is 31.5. The topological polar surface area (TPSA) is 130 Å². The number of esters is 2. The molecule has 0 saturated carbocycles. The third kappa shape index (κ3) is 3.69. The minimum Gasteiger partial charge on any atom is -0.457 e. The van der Waals surface area contributed by atoms with Crippen molar-refractivity contribution in [2.45, 2.75) is 13.5 Å². The maximum Gasteiger partial charge on any atom is 0.342 e. The van der Waals surface area contributed by atoms with E-state index >= 15 is 0 Å². The van der Waals surface area contributed by atoms with Crippen LogP contribution in [0.5, 0.6) is 5.75 Å². The highest BCUT2D eigenvalue weighted by atomic mass is 16.5. The van der Waals surface area contributed by atoms with Gasteiger partial charge in [0.25, 0.3) is 0 Å². The molecule has 0 saturated heterocycles. The molecule has 0 fully saturated rings. The second kappa shape index (κ2) is 7.06. The van der Waals surface area contributed by atoms with E-state index in [1.54, 1.807) is 30.3 Å². The minimum atomic E-state index is -0.608. The van der Waals surface area contributed by atoms with Crippen LogP contribution in [-0.4, -0.2) is 21.9 Å². The highest BCUT2D eigenvalue weighted by Gasteiger charge is 2.15. The number of ether oxygens (including phenoxy) is 2. The zero-order chi connectivity index (χ0) is 18.7. The number of fused-ring (bicyclic) bond motifs is 1. The van der Waals surface area contributed by atoms with Gasteiger partial charge in [-0.25, -0.2) is 9.78 Å². The van der Waals surface area contributed by atoms with Crippen LogP contribution in [0.3, 0.4) is 0 Å². The van der Waals surface area contributed by atoms with Gasteiger partial charge in [0.1, 0.15) is 23.7 Å². The average molecular weight is 352 g/mol. The van der Waals surface area contributed by atoms with Gasteiger partial charge in [0.15, 0.2) is 0 Å². The van der Waals surface area contributed by atoms with Gasteiger partial charge in [0, 0.05) is 12.3 Å². The van der Waals surface area contributed by atoms with E-state index in [-0.39, 0.29) is 29.7 Å². The lowest BCUT2D eigenvalue weighted by molar-refractivity contribution is -0.131. The molecule has 26 heavy (non-hydrogen) atoms. The Bertz CT molecular complexity index is 1000. The van der Waals surface area contributed by atoms with Gasteiger partial charge >= 0.3 is 11.9 Å². The van der Waals surface area contributed by atoms with Crippen molar-refractivity contribution < 1.29 is 19.1 Å². The van der Waals surface area contributed by atoms with Gasteiger partial charge in [0.2, 0.25) is 5.95 Å². The second-order valence-corrected chi connectivity index (χ2v) is 5.48. The lowest BCUT2D eigenvalue weighted by atomic mass is 10.1. The van der Waals surface area contributed by atoms with Gasteiger partial charge < -0.3 is 20.9 Å². The molecule has 2 aromatic carbocycles. The summed E-state index contributed by atoms with van der Waals surface area (Å²) in [5.41, 5.74) is 12.9. The summed E-state index contributed by atoms with van der Waals surface area (Å²) in [7, 11) is 0. The fourth-order valence-electron chi connectivity index (χ4n) is 2.41. The first-order valence-corrected chi connectivity index (χ1v) is 7.70. The highest BCUT2D eigenvalue weighted by molar-refractivity contribution is 5.93.